The van der Waals surface area contributed by atoms with Gasteiger partial charge in [0.15, 0.2) is 23.1 Å². The molecule has 0 atom stereocenters. The fraction of sp³-hybridized carbons (Fsp3) is 0.561. The first-order valence-corrected chi connectivity index (χ1v) is 48.3. The standard InChI is InChI=1S/C16H24FNO2.C15H20FNO.C14H19ClO.C14H18FNO.C14H20FN.2C14H19FO.C13H19FO/c1-16(2,3)13-4-5-14(17)15(12-13)20-11-8-18-6-9-19-10-7-18;1-15(2,3)11-7-8-12(16)13(9-11)17(4)14(18)10-5-6-10;1-14(2,3)11-6-12(15)8-13(7-11)16-9-10-4-5-10;1-14(2,3)10-6-7-11(15)12(8-10)16-13(17)9-4-5-9;2*1-14(2,3)11-6-12(15)8-13(7-11)16-9-10-4-5-10;1-14(2,3)11-6-7-12(15)13(8-11)16-9-10-4-5-10;1-5-6-15-12-8-10(13(2,3)4)7-11(14)9-12/h4-5,12H,6-11H2,1-3H3;7-10H,5-6H2,1-4H3;6-8,10H,4-5,9H2,1-3H3;6-9H,4-5H2,1-3H3,(H,16,17);6-8,10,16H,4-5,9H2,1-3H3;2*6-8,10H,4-5,9H2,1-3H3;7-9H,5-6H2,1-4H3/i;;;;;2*9D2;6D2. The third-order valence-electron chi connectivity index (χ3n) is 23.5. The van der Waals surface area contributed by atoms with Crippen LogP contribution in [0.25, 0.3) is 0 Å². The molecule has 2 N–H and O–H groups in total. The molecule has 8 aromatic carbocycles. The summed E-state index contributed by atoms with van der Waals surface area (Å²) in [5.41, 5.74) is 9.06. The fourth-order valence-electron chi connectivity index (χ4n) is 13.1. The van der Waals surface area contributed by atoms with Gasteiger partial charge in [-0.2, -0.15) is 0 Å². The number of morpholine rings is 1. The third kappa shape index (κ3) is 39.7. The van der Waals surface area contributed by atoms with Crippen LogP contribution in [-0.4, -0.2) is 96.0 Å². The summed E-state index contributed by atoms with van der Waals surface area (Å²) in [4.78, 5) is 27.3. The second-order valence-corrected chi connectivity index (χ2v) is 45.2. The van der Waals surface area contributed by atoms with E-state index < -0.39 is 31.3 Å². The van der Waals surface area contributed by atoms with Crippen molar-refractivity contribution < 1.29 is 77.0 Å². The van der Waals surface area contributed by atoms with Crippen molar-refractivity contribution in [3.63, 3.8) is 0 Å². The Morgan fingerprint density at radius 2 is 0.813 bits per heavy atom. The van der Waals surface area contributed by atoms with Gasteiger partial charge in [0.1, 0.15) is 52.9 Å². The molecule has 0 radical (unpaired) electrons. The summed E-state index contributed by atoms with van der Waals surface area (Å²) in [5.74, 6) is 0.934. The number of hydrogen-bond acceptors (Lipinski definition) is 10. The van der Waals surface area contributed by atoms with Crippen LogP contribution in [0.15, 0.2) is 146 Å². The Labute approximate surface area is 812 Å². The van der Waals surface area contributed by atoms with Crippen LogP contribution in [0.1, 0.15) is 309 Å². The summed E-state index contributed by atoms with van der Waals surface area (Å²) in [7, 11) is 1.66. The molecule has 134 heavy (non-hydrogen) atoms. The molecule has 0 spiro atoms. The summed E-state index contributed by atoms with van der Waals surface area (Å²) >= 11 is 6.11. The molecule has 1 heterocycles. The minimum Gasteiger partial charge on any atom is -0.493 e. The van der Waals surface area contributed by atoms with E-state index in [0.717, 1.165) is 165 Å². The van der Waals surface area contributed by atoms with Crippen molar-refractivity contribution >= 4 is 40.5 Å². The van der Waals surface area contributed by atoms with Gasteiger partial charge in [-0.05, 0) is 304 Å². The van der Waals surface area contributed by atoms with Crippen LogP contribution in [0.4, 0.5) is 47.8 Å². The van der Waals surface area contributed by atoms with E-state index in [4.69, 9.17) is 48.2 Å². The molecular weight excluding hydrogens is 1720 g/mol. The van der Waals surface area contributed by atoms with Gasteiger partial charge in [0.05, 0.1) is 59.1 Å². The smallest absolute Gasteiger partial charge is 0.229 e. The quantitative estimate of drug-likeness (QED) is 0.0599. The normalized spacial score (nSPS) is 16.7. The maximum absolute atomic E-state index is 13.9. The molecule has 1 aliphatic heterocycles. The fourth-order valence-corrected chi connectivity index (χ4v) is 13.3. The molecule has 6 saturated carbocycles. The van der Waals surface area contributed by atoms with Gasteiger partial charge in [0.25, 0.3) is 0 Å². The van der Waals surface area contributed by atoms with Gasteiger partial charge >= 0.3 is 0 Å². The van der Waals surface area contributed by atoms with Crippen LogP contribution in [-0.2, 0) is 57.6 Å². The summed E-state index contributed by atoms with van der Waals surface area (Å²) < 4.78 is 174. The zero-order chi connectivity index (χ0) is 105. The van der Waals surface area contributed by atoms with E-state index in [1.54, 1.807) is 74.6 Å². The molecular formula is C114H158ClF7N4O8. The molecule has 2 amide bonds. The van der Waals surface area contributed by atoms with E-state index in [-0.39, 0.29) is 132 Å². The molecule has 8 aromatic rings. The predicted octanol–water partition coefficient (Wildman–Crippen LogP) is 29.9. The molecule has 1 saturated heterocycles. The maximum Gasteiger partial charge on any atom is 0.229 e. The Morgan fingerprint density at radius 1 is 0.418 bits per heavy atom. The molecule has 7 fully saturated rings. The molecule has 0 bridgehead atoms. The lowest BCUT2D eigenvalue weighted by atomic mass is 9.87. The minimum absolute atomic E-state index is 0.00187. The van der Waals surface area contributed by atoms with E-state index >= 15 is 0 Å². The minimum atomic E-state index is -1.77. The largest absolute Gasteiger partial charge is 0.493 e. The van der Waals surface area contributed by atoms with Crippen molar-refractivity contribution in [1.29, 1.82) is 0 Å². The van der Waals surface area contributed by atoms with Gasteiger partial charge in [-0.15, -0.1) is 0 Å². The van der Waals surface area contributed by atoms with Crippen LogP contribution in [0.5, 0.6) is 28.7 Å². The van der Waals surface area contributed by atoms with Crippen molar-refractivity contribution in [1.82, 2.24) is 4.90 Å². The number of ether oxygens (including phenoxy) is 6. The Hall–Kier alpha value is -8.78. The third-order valence-corrected chi connectivity index (χ3v) is 23.7. The van der Waals surface area contributed by atoms with Gasteiger partial charge in [-0.1, -0.05) is 209 Å². The highest BCUT2D eigenvalue weighted by Crippen LogP contribution is 2.41. The summed E-state index contributed by atoms with van der Waals surface area (Å²) in [6.07, 6.45) is 12.5. The number of carbonyl (C=O) groups excluding carboxylic acids is 2. The second-order valence-electron chi connectivity index (χ2n) is 44.8. The average molecular weight is 1890 g/mol. The van der Waals surface area contributed by atoms with Crippen molar-refractivity contribution in [2.24, 2.45) is 35.5 Å². The lowest BCUT2D eigenvalue weighted by Crippen LogP contribution is -2.38. The van der Waals surface area contributed by atoms with Crippen LogP contribution in [0.2, 0.25) is 5.02 Å². The van der Waals surface area contributed by atoms with Gasteiger partial charge in [-0.25, -0.2) is 30.7 Å². The van der Waals surface area contributed by atoms with E-state index in [1.807, 2.05) is 86.6 Å². The average Bonchev–Trinajstić information content (AvgIpc) is 1.70. The summed E-state index contributed by atoms with van der Waals surface area (Å²) in [5, 5.41) is 6.75. The number of nitrogens with zero attached hydrogens (tertiary/aromatic N) is 2. The Morgan fingerprint density at radius 3 is 1.26 bits per heavy atom. The predicted molar refractivity (Wildman–Crippen MR) is 538 cm³/mol. The van der Waals surface area contributed by atoms with Crippen LogP contribution < -0.4 is 39.2 Å². The first-order chi connectivity index (χ1) is 64.6. The maximum atomic E-state index is 13.9. The van der Waals surface area contributed by atoms with E-state index in [0.29, 0.717) is 23.7 Å². The topological polar surface area (TPSA) is 120 Å². The molecule has 738 valence electrons. The SMILES string of the molecule is CC(C)(C)c1cc(Cl)cc(OCC2CC2)c1.CC(C)(C)c1cc(F)cc(NCC2CC2)c1.CC(C)(C)c1ccc(F)c(NC(=O)C2CC2)c1.CC(C)(C)c1ccc(F)c(OCCN2CCOCC2)c1.CN(C(=O)C1CC1)c1cc(C(C)(C)C)ccc1F.[2H]C([2H])(CC)Oc1cc(F)cc(C(C)(C)C)c1.[2H]C([2H])(Oc1cc(C(C)(C)C)ccc1F)C1CC1.[2H]C([2H])(Oc1cc(F)cc(C(C)(C)C)c1)C1CC1. The molecule has 20 heteroatoms. The number of hydrogen-bond donors (Lipinski definition) is 2. The summed E-state index contributed by atoms with van der Waals surface area (Å²) in [6, 6.07) is 39.8. The molecule has 6 aliphatic carbocycles. The lowest BCUT2D eigenvalue weighted by molar-refractivity contribution is -0.119. The van der Waals surface area contributed by atoms with Crippen LogP contribution >= 0.6 is 11.6 Å². The molecule has 12 nitrogen and oxygen atoms in total. The highest BCUT2D eigenvalue weighted by Gasteiger charge is 2.35. The van der Waals surface area contributed by atoms with Crippen LogP contribution in [0.3, 0.4) is 0 Å². The van der Waals surface area contributed by atoms with Gasteiger partial charge < -0.3 is 44.0 Å². The number of rotatable bonds is 23. The number of benzene rings is 8. The number of nitrogens with one attached hydrogen (secondary N) is 2. The highest BCUT2D eigenvalue weighted by molar-refractivity contribution is 6.30. The van der Waals surface area contributed by atoms with Gasteiger partial charge in [-0.3, -0.25) is 14.5 Å². The molecule has 0 unspecified atom stereocenters. The Bertz CT molecular complexity index is 5310. The van der Waals surface area contributed by atoms with E-state index in [9.17, 15) is 40.3 Å². The second kappa shape index (κ2) is 48.5. The van der Waals surface area contributed by atoms with Gasteiger partial charge in [0, 0.05) is 67.9 Å². The first-order valence-electron chi connectivity index (χ1n) is 51.0. The van der Waals surface area contributed by atoms with Crippen LogP contribution in [0, 0.1) is 76.2 Å². The number of halogens is 8. The zero-order valence-corrected chi connectivity index (χ0v) is 85.6. The first kappa shape index (κ1) is 101. The number of carbonyl (C=O) groups is 2. The van der Waals surface area contributed by atoms with Crippen molar-refractivity contribution in [2.75, 3.05) is 94.9 Å². The lowest BCUT2D eigenvalue weighted by Gasteiger charge is -2.26. The zero-order valence-electron chi connectivity index (χ0n) is 90.9. The monoisotopic (exact) mass is 1890 g/mol. The van der Waals surface area contributed by atoms with Gasteiger partial charge in [0.2, 0.25) is 11.8 Å². The van der Waals surface area contributed by atoms with Crippen molar-refractivity contribution in [2.45, 2.75) is 300 Å². The Kier molecular flexibility index (Phi) is 36.6. The van der Waals surface area contributed by atoms with E-state index in [2.05, 4.69) is 132 Å². The molecule has 0 aromatic heterocycles. The molecule has 7 aliphatic rings. The Balaban J connectivity index is 0.000000196. The van der Waals surface area contributed by atoms with Crippen molar-refractivity contribution in [3.8, 4) is 28.7 Å². The summed E-state index contributed by atoms with van der Waals surface area (Å²) in [6.45, 7) is 52.6. The number of anilines is 3. The number of amides is 2. The van der Waals surface area contributed by atoms with E-state index in [1.165, 1.54) is 84.7 Å². The molecule has 15 rings (SSSR count). The highest BCUT2D eigenvalue weighted by atomic mass is 35.5. The van der Waals surface area contributed by atoms with Crippen molar-refractivity contribution in [3.05, 3.63) is 236 Å².